The van der Waals surface area contributed by atoms with E-state index >= 15 is 0 Å². The van der Waals surface area contributed by atoms with Crippen molar-refractivity contribution in [2.45, 2.75) is 32.7 Å². The maximum atomic E-state index is 8.95. The van der Waals surface area contributed by atoms with Gasteiger partial charge in [-0.2, -0.15) is 4.57 Å². The first-order valence-electron chi connectivity index (χ1n) is 5.74. The van der Waals surface area contributed by atoms with Gasteiger partial charge in [-0.05, 0) is 12.8 Å². The van der Waals surface area contributed by atoms with Gasteiger partial charge < -0.3 is 5.11 Å². The van der Waals surface area contributed by atoms with Gasteiger partial charge in [0.2, 0.25) is 5.51 Å². The third-order valence-electron chi connectivity index (χ3n) is 2.92. The third-order valence-corrected chi connectivity index (χ3v) is 4.06. The Morgan fingerprint density at radius 2 is 2.31 bits per heavy atom. The lowest BCUT2D eigenvalue weighted by molar-refractivity contribution is -0.689. The molecule has 1 aromatic rings. The van der Waals surface area contributed by atoms with Gasteiger partial charge in [-0.15, -0.1) is 0 Å². The molecule has 0 aromatic carbocycles. The zero-order valence-electron chi connectivity index (χ0n) is 9.65. The van der Waals surface area contributed by atoms with Crippen molar-refractivity contribution in [1.82, 2.24) is 0 Å². The van der Waals surface area contributed by atoms with E-state index in [1.807, 2.05) is 0 Å². The van der Waals surface area contributed by atoms with Gasteiger partial charge in [-0.3, -0.25) is 0 Å². The van der Waals surface area contributed by atoms with Crippen molar-refractivity contribution >= 4 is 11.3 Å². The second-order valence-corrected chi connectivity index (χ2v) is 5.03. The van der Waals surface area contributed by atoms with E-state index in [2.05, 4.69) is 35.2 Å². The fourth-order valence-corrected chi connectivity index (χ4v) is 2.91. The quantitative estimate of drug-likeness (QED) is 0.796. The Bertz CT molecular complexity index is 418. The molecule has 0 radical (unpaired) electrons. The van der Waals surface area contributed by atoms with Crippen LogP contribution in [0.4, 0.5) is 0 Å². The van der Waals surface area contributed by atoms with Crippen LogP contribution < -0.4 is 4.57 Å². The van der Waals surface area contributed by atoms with Crippen LogP contribution in [0, 0.1) is 6.92 Å². The van der Waals surface area contributed by atoms with Gasteiger partial charge in [-0.1, -0.05) is 29.6 Å². The first-order valence-corrected chi connectivity index (χ1v) is 6.62. The van der Waals surface area contributed by atoms with Crippen LogP contribution in [0.25, 0.3) is 0 Å². The predicted octanol–water partition coefficient (Wildman–Crippen LogP) is 2.16. The molecule has 0 fully saturated rings. The Hall–Kier alpha value is -0.930. The molecular weight excluding hydrogens is 218 g/mol. The SMILES string of the molecule is Cc1c(CCO)sc[n+]1CC1=CCCC=C1. The fourth-order valence-electron chi connectivity index (χ4n) is 1.93. The second kappa shape index (κ2) is 5.41. The Morgan fingerprint density at radius 1 is 1.44 bits per heavy atom. The molecule has 0 unspecified atom stereocenters. The molecule has 0 saturated heterocycles. The van der Waals surface area contributed by atoms with Crippen LogP contribution in [0.15, 0.2) is 29.3 Å². The van der Waals surface area contributed by atoms with E-state index < -0.39 is 0 Å². The highest BCUT2D eigenvalue weighted by Crippen LogP contribution is 2.14. The normalized spacial score (nSPS) is 15.2. The zero-order valence-corrected chi connectivity index (χ0v) is 10.5. The molecule has 1 aromatic heterocycles. The van der Waals surface area contributed by atoms with Crippen molar-refractivity contribution in [3.05, 3.63) is 39.9 Å². The Morgan fingerprint density at radius 3 is 3.00 bits per heavy atom. The molecule has 0 saturated carbocycles. The molecule has 16 heavy (non-hydrogen) atoms. The van der Waals surface area contributed by atoms with E-state index in [-0.39, 0.29) is 6.61 Å². The lowest BCUT2D eigenvalue weighted by Crippen LogP contribution is -2.35. The molecule has 0 spiro atoms. The maximum Gasteiger partial charge on any atom is 0.225 e. The maximum absolute atomic E-state index is 8.95. The van der Waals surface area contributed by atoms with E-state index in [1.54, 1.807) is 11.3 Å². The summed E-state index contributed by atoms with van der Waals surface area (Å²) in [4.78, 5) is 1.29. The topological polar surface area (TPSA) is 24.1 Å². The number of aliphatic hydroxyl groups is 1. The van der Waals surface area contributed by atoms with Crippen molar-refractivity contribution in [3.8, 4) is 0 Å². The Kier molecular flexibility index (Phi) is 3.91. The molecule has 0 bridgehead atoms. The van der Waals surface area contributed by atoms with Crippen LogP contribution >= 0.6 is 11.3 Å². The molecule has 1 heterocycles. The summed E-state index contributed by atoms with van der Waals surface area (Å²) in [6.07, 6.45) is 9.89. The summed E-state index contributed by atoms with van der Waals surface area (Å²) >= 11 is 1.74. The van der Waals surface area contributed by atoms with Gasteiger partial charge in [0.25, 0.3) is 0 Å². The Balaban J connectivity index is 2.09. The van der Waals surface area contributed by atoms with Crippen LogP contribution in [0.3, 0.4) is 0 Å². The number of rotatable bonds is 4. The zero-order chi connectivity index (χ0) is 11.4. The van der Waals surface area contributed by atoms with Crippen molar-refractivity contribution in [2.24, 2.45) is 0 Å². The molecule has 0 amide bonds. The summed E-state index contributed by atoms with van der Waals surface area (Å²) < 4.78 is 2.27. The molecular formula is C13H18NOS+. The summed E-state index contributed by atoms with van der Waals surface area (Å²) in [5, 5.41) is 8.95. The third kappa shape index (κ3) is 2.60. The van der Waals surface area contributed by atoms with Gasteiger partial charge in [0.1, 0.15) is 0 Å². The molecule has 86 valence electrons. The highest BCUT2D eigenvalue weighted by molar-refractivity contribution is 7.09. The van der Waals surface area contributed by atoms with Crippen molar-refractivity contribution in [2.75, 3.05) is 6.61 Å². The van der Waals surface area contributed by atoms with E-state index in [0.29, 0.717) is 0 Å². The summed E-state index contributed by atoms with van der Waals surface area (Å²) in [7, 11) is 0. The van der Waals surface area contributed by atoms with Crippen molar-refractivity contribution in [3.63, 3.8) is 0 Å². The lowest BCUT2D eigenvalue weighted by atomic mass is 10.1. The molecule has 1 aliphatic rings. The lowest BCUT2D eigenvalue weighted by Gasteiger charge is -2.03. The number of nitrogens with zero attached hydrogens (tertiary/aromatic N) is 1. The summed E-state index contributed by atoms with van der Waals surface area (Å²) in [5.74, 6) is 0. The van der Waals surface area contributed by atoms with Gasteiger partial charge in [0.15, 0.2) is 12.2 Å². The van der Waals surface area contributed by atoms with Crippen LogP contribution in [0.2, 0.25) is 0 Å². The second-order valence-electron chi connectivity index (χ2n) is 4.09. The van der Waals surface area contributed by atoms with Crippen LogP contribution in [0.5, 0.6) is 0 Å². The van der Waals surface area contributed by atoms with Crippen molar-refractivity contribution < 1.29 is 9.67 Å². The van der Waals surface area contributed by atoms with Gasteiger partial charge in [0, 0.05) is 25.5 Å². The number of hydrogen-bond acceptors (Lipinski definition) is 2. The predicted molar refractivity (Wildman–Crippen MR) is 66.5 cm³/mol. The first kappa shape index (κ1) is 11.6. The molecule has 3 heteroatoms. The molecule has 1 aliphatic carbocycles. The smallest absolute Gasteiger partial charge is 0.225 e. The van der Waals surface area contributed by atoms with E-state index in [9.17, 15) is 0 Å². The van der Waals surface area contributed by atoms with Crippen LogP contribution in [-0.2, 0) is 13.0 Å². The molecule has 2 rings (SSSR count). The van der Waals surface area contributed by atoms with Crippen molar-refractivity contribution in [1.29, 1.82) is 0 Å². The minimum Gasteiger partial charge on any atom is -0.396 e. The standard InChI is InChI=1S/C13H18NOS/c1-11-13(7-8-15)16-10-14(11)9-12-5-3-2-4-6-12/h3,5-6,10,15H,2,4,7-9H2,1H3/q+1. The monoisotopic (exact) mass is 236 g/mol. The van der Waals surface area contributed by atoms with Crippen LogP contribution in [0.1, 0.15) is 23.4 Å². The van der Waals surface area contributed by atoms with E-state index in [0.717, 1.165) is 13.0 Å². The first-order chi connectivity index (χ1) is 7.81. The molecule has 0 atom stereocenters. The van der Waals surface area contributed by atoms with Gasteiger partial charge >= 0.3 is 0 Å². The average molecular weight is 236 g/mol. The molecule has 2 nitrogen and oxygen atoms in total. The highest BCUT2D eigenvalue weighted by atomic mass is 32.1. The number of aromatic nitrogens is 1. The van der Waals surface area contributed by atoms with Gasteiger partial charge in [-0.25, -0.2) is 0 Å². The number of thiazole rings is 1. The highest BCUT2D eigenvalue weighted by Gasteiger charge is 2.15. The van der Waals surface area contributed by atoms with Gasteiger partial charge in [0.05, 0.1) is 4.88 Å². The van der Waals surface area contributed by atoms with E-state index in [1.165, 1.54) is 29.0 Å². The number of hydrogen-bond donors (Lipinski definition) is 1. The average Bonchev–Trinajstić information content (AvgIpc) is 2.64. The fraction of sp³-hybridized carbons (Fsp3) is 0.462. The summed E-state index contributed by atoms with van der Waals surface area (Å²) in [6.45, 7) is 3.34. The van der Waals surface area contributed by atoms with Crippen LogP contribution in [-0.4, -0.2) is 11.7 Å². The Labute approximate surface area is 101 Å². The summed E-state index contributed by atoms with van der Waals surface area (Å²) in [6, 6.07) is 0. The number of allylic oxidation sites excluding steroid dienone is 4. The molecule has 1 N–H and O–H groups in total. The molecule has 0 aliphatic heterocycles. The number of aliphatic hydroxyl groups excluding tert-OH is 1. The summed E-state index contributed by atoms with van der Waals surface area (Å²) in [5.41, 5.74) is 4.84. The minimum absolute atomic E-state index is 0.240. The van der Waals surface area contributed by atoms with E-state index in [4.69, 9.17) is 5.11 Å². The minimum atomic E-state index is 0.240. The largest absolute Gasteiger partial charge is 0.396 e.